The average Bonchev–Trinajstić information content (AvgIpc) is 2.68. The minimum atomic E-state index is -0.161. The number of ether oxygens (including phenoxy) is 1. The normalized spacial score (nSPS) is 10.4. The molecule has 0 aliphatic rings. The Kier molecular flexibility index (Phi) is 5.35. The Hall–Kier alpha value is -3.41. The van der Waals surface area contributed by atoms with Gasteiger partial charge in [-0.15, -0.1) is 0 Å². The molecule has 0 aliphatic heterocycles. The molecule has 0 unspecified atom stereocenters. The van der Waals surface area contributed by atoms with Crippen molar-refractivity contribution in [1.29, 1.82) is 0 Å². The molecule has 1 amide bonds. The zero-order chi connectivity index (χ0) is 19.4. The molecule has 0 atom stereocenters. The lowest BCUT2D eigenvalue weighted by atomic mass is 10.2. The molecule has 0 saturated heterocycles. The van der Waals surface area contributed by atoms with E-state index in [1.54, 1.807) is 20.2 Å². The molecule has 0 fully saturated rings. The van der Waals surface area contributed by atoms with Crippen LogP contribution in [0.4, 0.5) is 5.82 Å². The van der Waals surface area contributed by atoms with Crippen LogP contribution in [0.2, 0.25) is 0 Å². The van der Waals surface area contributed by atoms with E-state index in [4.69, 9.17) is 4.74 Å². The van der Waals surface area contributed by atoms with E-state index in [0.29, 0.717) is 17.3 Å². The molecule has 6 nitrogen and oxygen atoms in total. The van der Waals surface area contributed by atoms with Crippen LogP contribution in [0.25, 0.3) is 11.4 Å². The highest BCUT2D eigenvalue weighted by atomic mass is 16.5. The summed E-state index contributed by atoms with van der Waals surface area (Å²) < 4.78 is 5.81. The molecule has 0 radical (unpaired) electrons. The van der Waals surface area contributed by atoms with Gasteiger partial charge in [0.2, 0.25) is 0 Å². The summed E-state index contributed by atoms with van der Waals surface area (Å²) in [5, 5.41) is 0. The molecule has 3 aromatic rings. The summed E-state index contributed by atoms with van der Waals surface area (Å²) in [6.45, 7) is 0. The van der Waals surface area contributed by atoms with Crippen LogP contribution in [0.1, 0.15) is 10.5 Å². The Balaban J connectivity index is 1.92. The summed E-state index contributed by atoms with van der Waals surface area (Å²) in [6, 6.07) is 18.8. The molecule has 0 bridgehead atoms. The number of amides is 1. The van der Waals surface area contributed by atoms with Gasteiger partial charge in [0.25, 0.3) is 5.91 Å². The van der Waals surface area contributed by atoms with Crippen LogP contribution in [-0.2, 0) is 0 Å². The van der Waals surface area contributed by atoms with Crippen LogP contribution in [0.5, 0.6) is 11.5 Å². The topological polar surface area (TPSA) is 58.6 Å². The first-order valence-corrected chi connectivity index (χ1v) is 8.55. The lowest BCUT2D eigenvalue weighted by Crippen LogP contribution is -2.24. The Morgan fingerprint density at radius 2 is 1.48 bits per heavy atom. The first kappa shape index (κ1) is 18.4. The number of hydrogen-bond acceptors (Lipinski definition) is 5. The molecular formula is C21H22N4O2. The molecule has 138 valence electrons. The van der Waals surface area contributed by atoms with E-state index >= 15 is 0 Å². The molecular weight excluding hydrogens is 340 g/mol. The molecule has 0 spiro atoms. The van der Waals surface area contributed by atoms with Gasteiger partial charge in [-0.2, -0.15) is 0 Å². The van der Waals surface area contributed by atoms with E-state index in [0.717, 1.165) is 17.1 Å². The fourth-order valence-corrected chi connectivity index (χ4v) is 2.43. The monoisotopic (exact) mass is 362 g/mol. The third-order valence-corrected chi connectivity index (χ3v) is 3.89. The van der Waals surface area contributed by atoms with Crippen molar-refractivity contribution in [2.75, 3.05) is 33.1 Å². The van der Waals surface area contributed by atoms with E-state index in [1.807, 2.05) is 73.6 Å². The second-order valence-corrected chi connectivity index (χ2v) is 6.47. The van der Waals surface area contributed by atoms with Gasteiger partial charge >= 0.3 is 0 Å². The Labute approximate surface area is 159 Å². The second kappa shape index (κ2) is 7.86. The van der Waals surface area contributed by atoms with Crippen LogP contribution in [0.3, 0.4) is 0 Å². The van der Waals surface area contributed by atoms with Crippen molar-refractivity contribution in [2.45, 2.75) is 0 Å². The molecule has 6 heteroatoms. The predicted molar refractivity (Wildman–Crippen MR) is 106 cm³/mol. The van der Waals surface area contributed by atoms with E-state index in [1.165, 1.54) is 4.90 Å². The molecule has 3 rings (SSSR count). The number of benzene rings is 2. The van der Waals surface area contributed by atoms with Gasteiger partial charge < -0.3 is 14.5 Å². The smallest absolute Gasteiger partial charge is 0.272 e. The summed E-state index contributed by atoms with van der Waals surface area (Å²) in [5.74, 6) is 2.51. The van der Waals surface area contributed by atoms with Gasteiger partial charge in [-0.05, 0) is 36.4 Å². The lowest BCUT2D eigenvalue weighted by Gasteiger charge is -2.16. The van der Waals surface area contributed by atoms with Crippen molar-refractivity contribution in [2.24, 2.45) is 0 Å². The first-order chi connectivity index (χ1) is 12.9. The molecule has 0 aliphatic carbocycles. The third-order valence-electron chi connectivity index (χ3n) is 3.89. The number of rotatable bonds is 5. The zero-order valence-corrected chi connectivity index (χ0v) is 15.9. The van der Waals surface area contributed by atoms with Gasteiger partial charge in [-0.3, -0.25) is 4.79 Å². The summed E-state index contributed by atoms with van der Waals surface area (Å²) in [6.07, 6.45) is 0. The van der Waals surface area contributed by atoms with Crippen LogP contribution in [0.15, 0.2) is 60.7 Å². The van der Waals surface area contributed by atoms with Gasteiger partial charge in [0.15, 0.2) is 5.82 Å². The molecule has 1 aromatic heterocycles. The maximum Gasteiger partial charge on any atom is 0.272 e. The van der Waals surface area contributed by atoms with Crippen LogP contribution >= 0.6 is 0 Å². The molecule has 27 heavy (non-hydrogen) atoms. The SMILES string of the molecule is CN(C)C(=O)c1cc(N(C)C)nc(-c2ccc(Oc3ccccc3)cc2)n1. The summed E-state index contributed by atoms with van der Waals surface area (Å²) in [4.78, 5) is 24.7. The average molecular weight is 362 g/mol. The van der Waals surface area contributed by atoms with Gasteiger partial charge in [-0.1, -0.05) is 18.2 Å². The van der Waals surface area contributed by atoms with E-state index in [2.05, 4.69) is 9.97 Å². The molecule has 2 aromatic carbocycles. The van der Waals surface area contributed by atoms with E-state index in [-0.39, 0.29) is 5.91 Å². The number of nitrogens with zero attached hydrogens (tertiary/aromatic N) is 4. The van der Waals surface area contributed by atoms with E-state index in [9.17, 15) is 4.79 Å². The minimum Gasteiger partial charge on any atom is -0.457 e. The summed E-state index contributed by atoms with van der Waals surface area (Å²) >= 11 is 0. The fourth-order valence-electron chi connectivity index (χ4n) is 2.43. The minimum absolute atomic E-state index is 0.161. The summed E-state index contributed by atoms with van der Waals surface area (Å²) in [7, 11) is 7.17. The van der Waals surface area contributed by atoms with Crippen LogP contribution in [0, 0.1) is 0 Å². The zero-order valence-electron chi connectivity index (χ0n) is 15.9. The number of anilines is 1. The largest absolute Gasteiger partial charge is 0.457 e. The van der Waals surface area contributed by atoms with Gasteiger partial charge in [0, 0.05) is 39.8 Å². The van der Waals surface area contributed by atoms with Gasteiger partial charge in [0.05, 0.1) is 0 Å². The lowest BCUT2D eigenvalue weighted by molar-refractivity contribution is 0.0822. The quantitative estimate of drug-likeness (QED) is 0.693. The van der Waals surface area contributed by atoms with Crippen LogP contribution in [-0.4, -0.2) is 49.0 Å². The Morgan fingerprint density at radius 3 is 2.07 bits per heavy atom. The highest BCUT2D eigenvalue weighted by Crippen LogP contribution is 2.25. The Morgan fingerprint density at radius 1 is 0.852 bits per heavy atom. The standard InChI is InChI=1S/C21H22N4O2/c1-24(2)19-14-18(21(26)25(3)4)22-20(23-19)15-10-12-17(13-11-15)27-16-8-6-5-7-9-16/h5-14H,1-4H3. The van der Waals surface area contributed by atoms with Crippen molar-refractivity contribution < 1.29 is 9.53 Å². The predicted octanol–water partition coefficient (Wildman–Crippen LogP) is 3.70. The molecule has 0 saturated carbocycles. The second-order valence-electron chi connectivity index (χ2n) is 6.47. The van der Waals surface area contributed by atoms with Crippen molar-refractivity contribution >= 4 is 11.7 Å². The van der Waals surface area contributed by atoms with Crippen molar-refractivity contribution in [3.05, 3.63) is 66.4 Å². The number of para-hydroxylation sites is 1. The number of aromatic nitrogens is 2. The van der Waals surface area contributed by atoms with Crippen LogP contribution < -0.4 is 9.64 Å². The van der Waals surface area contributed by atoms with Crippen molar-refractivity contribution in [1.82, 2.24) is 14.9 Å². The van der Waals surface area contributed by atoms with Crippen molar-refractivity contribution in [3.8, 4) is 22.9 Å². The van der Waals surface area contributed by atoms with Gasteiger partial charge in [0.1, 0.15) is 23.0 Å². The van der Waals surface area contributed by atoms with E-state index < -0.39 is 0 Å². The first-order valence-electron chi connectivity index (χ1n) is 8.55. The fraction of sp³-hybridized carbons (Fsp3) is 0.190. The summed E-state index contributed by atoms with van der Waals surface area (Å²) in [5.41, 5.74) is 1.17. The third kappa shape index (κ3) is 4.41. The van der Waals surface area contributed by atoms with Gasteiger partial charge in [-0.25, -0.2) is 9.97 Å². The number of carbonyl (C=O) groups is 1. The van der Waals surface area contributed by atoms with Crippen molar-refractivity contribution in [3.63, 3.8) is 0 Å². The number of hydrogen-bond donors (Lipinski definition) is 0. The molecule has 1 heterocycles. The maximum absolute atomic E-state index is 12.4. The Bertz CT molecular complexity index is 923. The highest BCUT2D eigenvalue weighted by Gasteiger charge is 2.15. The maximum atomic E-state index is 12.4. The number of carbonyl (C=O) groups excluding carboxylic acids is 1. The highest BCUT2D eigenvalue weighted by molar-refractivity contribution is 5.93. The molecule has 0 N–H and O–H groups in total.